The van der Waals surface area contributed by atoms with Crippen LogP contribution in [0.5, 0.6) is 0 Å². The highest BCUT2D eigenvalue weighted by molar-refractivity contribution is 5.92. The van der Waals surface area contributed by atoms with E-state index < -0.39 is 4.92 Å². The van der Waals surface area contributed by atoms with E-state index in [9.17, 15) is 14.9 Å². The normalized spacial score (nSPS) is 26.2. The first kappa shape index (κ1) is 12.2. The van der Waals surface area contributed by atoms with E-state index in [0.29, 0.717) is 0 Å². The van der Waals surface area contributed by atoms with Gasteiger partial charge in [0.1, 0.15) is 4.92 Å². The molecule has 0 saturated carbocycles. The van der Waals surface area contributed by atoms with Gasteiger partial charge in [-0.05, 0) is 31.9 Å². The minimum absolute atomic E-state index is 0.0606. The second-order valence-corrected chi connectivity index (χ2v) is 4.99. The second kappa shape index (κ2) is 4.65. The largest absolute Gasteiger partial charge is 0.433 e. The van der Waals surface area contributed by atoms with Crippen LogP contribution in [0.4, 0.5) is 5.88 Å². The first-order valence-corrected chi connectivity index (χ1v) is 6.44. The number of amides is 1. The van der Waals surface area contributed by atoms with Crippen molar-refractivity contribution in [2.45, 2.75) is 31.3 Å². The molecule has 2 bridgehead atoms. The Morgan fingerprint density at radius 3 is 2.89 bits per heavy atom. The Balaban J connectivity index is 1.84. The van der Waals surface area contributed by atoms with Crippen LogP contribution in [0.3, 0.4) is 0 Å². The molecule has 2 aliphatic heterocycles. The second-order valence-electron chi connectivity index (χ2n) is 4.99. The zero-order chi connectivity index (χ0) is 13.4. The van der Waals surface area contributed by atoms with E-state index in [1.165, 1.54) is 12.1 Å². The molecule has 0 aromatic carbocycles. The molecule has 2 fully saturated rings. The van der Waals surface area contributed by atoms with Crippen LogP contribution in [0, 0.1) is 10.1 Å². The first-order chi connectivity index (χ1) is 9.16. The number of furan rings is 1. The molecule has 7 nitrogen and oxygen atoms in total. The van der Waals surface area contributed by atoms with E-state index in [2.05, 4.69) is 5.32 Å². The Hall–Kier alpha value is -1.89. The average Bonchev–Trinajstić information content (AvgIpc) is 2.92. The number of hydrogen-bond donors (Lipinski definition) is 1. The molecule has 2 saturated heterocycles. The van der Waals surface area contributed by atoms with Crippen molar-refractivity contribution in [2.24, 2.45) is 0 Å². The van der Waals surface area contributed by atoms with Gasteiger partial charge in [0.15, 0.2) is 5.76 Å². The molecule has 3 rings (SSSR count). The van der Waals surface area contributed by atoms with Crippen LogP contribution in [0.1, 0.15) is 29.8 Å². The van der Waals surface area contributed by atoms with Gasteiger partial charge in [-0.3, -0.25) is 14.9 Å². The highest BCUT2D eigenvalue weighted by atomic mass is 16.6. The maximum atomic E-state index is 12.4. The van der Waals surface area contributed by atoms with E-state index in [1.807, 2.05) is 4.90 Å². The molecule has 19 heavy (non-hydrogen) atoms. The minimum atomic E-state index is -0.630. The van der Waals surface area contributed by atoms with Gasteiger partial charge in [0, 0.05) is 18.6 Å². The number of nitrogens with one attached hydrogen (secondary N) is 1. The van der Waals surface area contributed by atoms with Gasteiger partial charge in [0.25, 0.3) is 5.91 Å². The fourth-order valence-electron chi connectivity index (χ4n) is 2.98. The molecular weight excluding hydrogens is 250 g/mol. The quantitative estimate of drug-likeness (QED) is 0.640. The summed E-state index contributed by atoms with van der Waals surface area (Å²) in [5, 5.41) is 13.9. The van der Waals surface area contributed by atoms with E-state index in [0.717, 1.165) is 32.4 Å². The summed E-state index contributed by atoms with van der Waals surface area (Å²) < 4.78 is 5.01. The van der Waals surface area contributed by atoms with Crippen molar-refractivity contribution in [3.05, 3.63) is 28.0 Å². The van der Waals surface area contributed by atoms with Crippen molar-refractivity contribution in [3.63, 3.8) is 0 Å². The Bertz CT molecular complexity index is 499. The third-order valence-electron chi connectivity index (χ3n) is 3.87. The number of nitrogens with zero attached hydrogens (tertiary/aromatic N) is 2. The summed E-state index contributed by atoms with van der Waals surface area (Å²) in [6.45, 7) is 1.69. The predicted molar refractivity (Wildman–Crippen MR) is 65.8 cm³/mol. The monoisotopic (exact) mass is 265 g/mol. The summed E-state index contributed by atoms with van der Waals surface area (Å²) in [6, 6.07) is 3.00. The molecule has 102 valence electrons. The van der Waals surface area contributed by atoms with Gasteiger partial charge in [0.05, 0.1) is 6.07 Å². The van der Waals surface area contributed by atoms with E-state index in [1.54, 1.807) is 0 Å². The Morgan fingerprint density at radius 1 is 1.37 bits per heavy atom. The smallest absolute Gasteiger partial charge is 0.395 e. The summed E-state index contributed by atoms with van der Waals surface area (Å²) in [6.07, 6.45) is 2.90. The third-order valence-corrected chi connectivity index (χ3v) is 3.87. The van der Waals surface area contributed by atoms with Crippen molar-refractivity contribution >= 4 is 11.8 Å². The van der Waals surface area contributed by atoms with Crippen molar-refractivity contribution < 1.29 is 14.1 Å². The lowest BCUT2D eigenvalue weighted by Gasteiger charge is -2.26. The Labute approximate surface area is 109 Å². The van der Waals surface area contributed by atoms with E-state index in [4.69, 9.17) is 4.42 Å². The summed E-state index contributed by atoms with van der Waals surface area (Å²) in [5.74, 6) is -0.557. The molecule has 1 aromatic rings. The van der Waals surface area contributed by atoms with Crippen LogP contribution < -0.4 is 5.32 Å². The molecule has 0 radical (unpaired) electrons. The fraction of sp³-hybridized carbons (Fsp3) is 0.583. The van der Waals surface area contributed by atoms with Gasteiger partial charge < -0.3 is 14.6 Å². The lowest BCUT2D eigenvalue weighted by Crippen LogP contribution is -2.42. The number of carbonyl (C=O) groups excluding carboxylic acids is 1. The van der Waals surface area contributed by atoms with Crippen LogP contribution in [0.2, 0.25) is 0 Å². The number of carbonyl (C=O) groups is 1. The van der Waals surface area contributed by atoms with Crippen molar-refractivity contribution in [3.8, 4) is 0 Å². The molecule has 7 heteroatoms. The van der Waals surface area contributed by atoms with Crippen LogP contribution in [0.15, 0.2) is 16.5 Å². The SMILES string of the molecule is O=C(c1ccc([N+](=O)[O-])o1)N1C2CCNCC1CC2. The van der Waals surface area contributed by atoms with E-state index in [-0.39, 0.29) is 29.6 Å². The van der Waals surface area contributed by atoms with Crippen LogP contribution in [-0.2, 0) is 0 Å². The van der Waals surface area contributed by atoms with Crippen molar-refractivity contribution in [1.29, 1.82) is 0 Å². The number of hydrogen-bond acceptors (Lipinski definition) is 5. The zero-order valence-electron chi connectivity index (χ0n) is 10.4. The minimum Gasteiger partial charge on any atom is -0.395 e. The van der Waals surface area contributed by atoms with Crippen LogP contribution in [0.25, 0.3) is 0 Å². The standard InChI is InChI=1S/C12H15N3O4/c16-12(10-3-4-11(19-10)15(17)18)14-8-1-2-9(14)7-13-6-5-8/h3-4,8-9,13H,1-2,5-7H2. The highest BCUT2D eigenvalue weighted by Crippen LogP contribution is 2.30. The number of fused-ring (bicyclic) bond motifs is 2. The maximum Gasteiger partial charge on any atom is 0.433 e. The van der Waals surface area contributed by atoms with Crippen LogP contribution in [-0.4, -0.2) is 40.9 Å². The molecule has 0 aliphatic carbocycles. The Kier molecular flexibility index (Phi) is 2.98. The maximum absolute atomic E-state index is 12.4. The summed E-state index contributed by atoms with van der Waals surface area (Å²) >= 11 is 0. The van der Waals surface area contributed by atoms with Gasteiger partial charge in [-0.25, -0.2) is 0 Å². The molecular formula is C12H15N3O4. The zero-order valence-corrected chi connectivity index (χ0v) is 10.4. The molecule has 3 heterocycles. The predicted octanol–water partition coefficient (Wildman–Crippen LogP) is 1.15. The van der Waals surface area contributed by atoms with Gasteiger partial charge in [0.2, 0.25) is 0 Å². The average molecular weight is 265 g/mol. The molecule has 1 aromatic heterocycles. The molecule has 2 atom stereocenters. The molecule has 2 aliphatic rings. The lowest BCUT2D eigenvalue weighted by molar-refractivity contribution is -0.402. The van der Waals surface area contributed by atoms with Crippen LogP contribution >= 0.6 is 0 Å². The first-order valence-electron chi connectivity index (χ1n) is 6.44. The molecule has 1 N–H and O–H groups in total. The summed E-state index contributed by atoms with van der Waals surface area (Å²) in [4.78, 5) is 24.2. The molecule has 0 spiro atoms. The number of nitro groups is 1. The molecule has 1 amide bonds. The van der Waals surface area contributed by atoms with Gasteiger partial charge in [-0.1, -0.05) is 0 Å². The number of rotatable bonds is 2. The third kappa shape index (κ3) is 2.10. The van der Waals surface area contributed by atoms with E-state index >= 15 is 0 Å². The van der Waals surface area contributed by atoms with Crippen molar-refractivity contribution in [1.82, 2.24) is 10.2 Å². The Morgan fingerprint density at radius 2 is 2.16 bits per heavy atom. The highest BCUT2D eigenvalue weighted by Gasteiger charge is 2.39. The van der Waals surface area contributed by atoms with Gasteiger partial charge in [-0.2, -0.15) is 0 Å². The van der Waals surface area contributed by atoms with Gasteiger partial charge in [-0.15, -0.1) is 0 Å². The summed E-state index contributed by atoms with van der Waals surface area (Å²) in [5.41, 5.74) is 0. The lowest BCUT2D eigenvalue weighted by atomic mass is 10.1. The van der Waals surface area contributed by atoms with Crippen molar-refractivity contribution in [2.75, 3.05) is 13.1 Å². The molecule has 2 unspecified atom stereocenters. The van der Waals surface area contributed by atoms with Gasteiger partial charge >= 0.3 is 5.88 Å². The topological polar surface area (TPSA) is 88.6 Å². The summed E-state index contributed by atoms with van der Waals surface area (Å²) in [7, 11) is 0. The fourth-order valence-corrected chi connectivity index (χ4v) is 2.98.